The van der Waals surface area contributed by atoms with Crippen molar-refractivity contribution in [1.29, 1.82) is 0 Å². The summed E-state index contributed by atoms with van der Waals surface area (Å²) in [4.78, 5) is 24.6. The molecule has 0 fully saturated rings. The summed E-state index contributed by atoms with van der Waals surface area (Å²) < 4.78 is 24.2. The molecule has 1 aromatic rings. The number of aryl methyl sites for hydroxylation is 2. The van der Waals surface area contributed by atoms with Crippen LogP contribution in [0.1, 0.15) is 18.9 Å². The summed E-state index contributed by atoms with van der Waals surface area (Å²) in [5.74, 6) is 0.0241. The molecule has 0 spiro atoms. The third-order valence-electron chi connectivity index (χ3n) is 2.35. The summed E-state index contributed by atoms with van der Waals surface area (Å²) in [5, 5.41) is 0. The standard InChI is InChI=1S/C10H16N2O4S/c1-3-5-17(15,16)6-4-12-7-8(2)9(13)11-10(12)14/h7H,3-6H2,1-2H3,(H,11,13,14). The highest BCUT2D eigenvalue weighted by Crippen LogP contribution is 1.95. The minimum absolute atomic E-state index is 0.0682. The van der Waals surface area contributed by atoms with Gasteiger partial charge in [0.25, 0.3) is 5.56 Å². The van der Waals surface area contributed by atoms with Gasteiger partial charge < -0.3 is 0 Å². The molecule has 0 aromatic carbocycles. The average molecular weight is 260 g/mol. The highest BCUT2D eigenvalue weighted by atomic mass is 32.2. The molecule has 0 atom stereocenters. The lowest BCUT2D eigenvalue weighted by molar-refractivity contribution is 0.583. The predicted octanol–water partition coefficient (Wildman–Crippen LogP) is -0.330. The van der Waals surface area contributed by atoms with Crippen LogP contribution in [0.2, 0.25) is 0 Å². The van der Waals surface area contributed by atoms with Crippen LogP contribution < -0.4 is 11.2 Å². The lowest BCUT2D eigenvalue weighted by Crippen LogP contribution is -2.32. The highest BCUT2D eigenvalue weighted by Gasteiger charge is 2.10. The van der Waals surface area contributed by atoms with Gasteiger partial charge in [-0.05, 0) is 13.3 Å². The maximum Gasteiger partial charge on any atom is 0.328 e. The number of aromatic amines is 1. The van der Waals surface area contributed by atoms with Crippen LogP contribution in [0.4, 0.5) is 0 Å². The summed E-state index contributed by atoms with van der Waals surface area (Å²) >= 11 is 0. The fourth-order valence-corrected chi connectivity index (χ4v) is 2.74. The number of hydrogen-bond donors (Lipinski definition) is 1. The van der Waals surface area contributed by atoms with Crippen LogP contribution in [0, 0.1) is 6.92 Å². The first-order valence-electron chi connectivity index (χ1n) is 5.36. The van der Waals surface area contributed by atoms with Gasteiger partial charge >= 0.3 is 5.69 Å². The number of aromatic nitrogens is 2. The molecule has 7 heteroatoms. The smallest absolute Gasteiger partial charge is 0.299 e. The van der Waals surface area contributed by atoms with Gasteiger partial charge in [0, 0.05) is 24.1 Å². The van der Waals surface area contributed by atoms with E-state index in [4.69, 9.17) is 0 Å². The SMILES string of the molecule is CCCS(=O)(=O)CCn1cc(C)c(=O)[nH]c1=O. The Bertz CT molecular complexity index is 597. The Morgan fingerprint density at radius 1 is 1.29 bits per heavy atom. The number of H-pyrrole nitrogens is 1. The Morgan fingerprint density at radius 3 is 2.53 bits per heavy atom. The highest BCUT2D eigenvalue weighted by molar-refractivity contribution is 7.91. The Kier molecular flexibility index (Phi) is 4.28. The van der Waals surface area contributed by atoms with E-state index < -0.39 is 21.1 Å². The van der Waals surface area contributed by atoms with Crippen molar-refractivity contribution in [2.45, 2.75) is 26.8 Å². The third kappa shape index (κ3) is 3.85. The molecular formula is C10H16N2O4S. The van der Waals surface area contributed by atoms with Crippen LogP contribution in [0.15, 0.2) is 15.8 Å². The summed E-state index contributed by atoms with van der Waals surface area (Å²) in [7, 11) is -3.12. The first kappa shape index (κ1) is 13.7. The second-order valence-corrected chi connectivity index (χ2v) is 6.22. The number of rotatable bonds is 5. The Labute approximate surface area is 99.2 Å². The molecule has 0 aliphatic carbocycles. The average Bonchev–Trinajstić information content (AvgIpc) is 2.21. The zero-order valence-corrected chi connectivity index (χ0v) is 10.7. The minimum atomic E-state index is -3.12. The molecule has 0 radical (unpaired) electrons. The third-order valence-corrected chi connectivity index (χ3v) is 4.18. The predicted molar refractivity (Wildman–Crippen MR) is 65.0 cm³/mol. The fraction of sp³-hybridized carbons (Fsp3) is 0.600. The largest absolute Gasteiger partial charge is 0.328 e. The molecule has 0 saturated heterocycles. The van der Waals surface area contributed by atoms with Crippen LogP contribution in [-0.2, 0) is 16.4 Å². The summed E-state index contributed by atoms with van der Waals surface area (Å²) in [6.07, 6.45) is 1.94. The van der Waals surface area contributed by atoms with E-state index in [1.54, 1.807) is 13.8 Å². The van der Waals surface area contributed by atoms with Gasteiger partial charge in [-0.15, -0.1) is 0 Å². The van der Waals surface area contributed by atoms with E-state index in [-0.39, 0.29) is 18.1 Å². The summed E-state index contributed by atoms with van der Waals surface area (Å²) in [5.41, 5.74) is -0.632. The van der Waals surface area contributed by atoms with E-state index in [1.165, 1.54) is 10.8 Å². The van der Waals surface area contributed by atoms with Gasteiger partial charge in [0.15, 0.2) is 9.84 Å². The van der Waals surface area contributed by atoms with Gasteiger partial charge in [0.2, 0.25) is 0 Å². The van der Waals surface area contributed by atoms with Crippen LogP contribution in [0.3, 0.4) is 0 Å². The number of nitrogens with one attached hydrogen (secondary N) is 1. The molecule has 0 aliphatic rings. The zero-order valence-electron chi connectivity index (χ0n) is 9.89. The van der Waals surface area contributed by atoms with Crippen LogP contribution in [-0.4, -0.2) is 29.5 Å². The van der Waals surface area contributed by atoms with Crippen molar-refractivity contribution in [3.8, 4) is 0 Å². The lowest BCUT2D eigenvalue weighted by Gasteiger charge is -2.06. The van der Waals surface area contributed by atoms with Crippen molar-refractivity contribution in [3.05, 3.63) is 32.6 Å². The van der Waals surface area contributed by atoms with E-state index in [0.717, 1.165) is 0 Å². The minimum Gasteiger partial charge on any atom is -0.299 e. The first-order chi connectivity index (χ1) is 7.85. The van der Waals surface area contributed by atoms with Crippen LogP contribution in [0.25, 0.3) is 0 Å². The normalized spacial score (nSPS) is 11.6. The molecule has 0 unspecified atom stereocenters. The quantitative estimate of drug-likeness (QED) is 0.785. The van der Waals surface area contributed by atoms with E-state index in [2.05, 4.69) is 4.98 Å². The molecule has 17 heavy (non-hydrogen) atoms. The second kappa shape index (κ2) is 5.31. The van der Waals surface area contributed by atoms with Gasteiger partial charge in [0.05, 0.1) is 5.75 Å². The van der Waals surface area contributed by atoms with Crippen LogP contribution in [0.5, 0.6) is 0 Å². The van der Waals surface area contributed by atoms with E-state index in [0.29, 0.717) is 12.0 Å². The van der Waals surface area contributed by atoms with Gasteiger partial charge in [0.1, 0.15) is 0 Å². The zero-order chi connectivity index (χ0) is 13.1. The first-order valence-corrected chi connectivity index (χ1v) is 7.18. The number of sulfone groups is 1. The molecule has 1 rings (SSSR count). The molecular weight excluding hydrogens is 244 g/mol. The topological polar surface area (TPSA) is 89.0 Å². The van der Waals surface area contributed by atoms with Gasteiger partial charge in [-0.1, -0.05) is 6.92 Å². The Morgan fingerprint density at radius 2 is 1.94 bits per heavy atom. The molecule has 6 nitrogen and oxygen atoms in total. The number of hydrogen-bond acceptors (Lipinski definition) is 4. The summed E-state index contributed by atoms with van der Waals surface area (Å²) in [6, 6.07) is 0. The van der Waals surface area contributed by atoms with E-state index in [1.807, 2.05) is 0 Å². The van der Waals surface area contributed by atoms with E-state index in [9.17, 15) is 18.0 Å². The molecule has 0 aliphatic heterocycles. The second-order valence-electron chi connectivity index (χ2n) is 3.92. The van der Waals surface area contributed by atoms with Crippen molar-refractivity contribution in [2.24, 2.45) is 0 Å². The van der Waals surface area contributed by atoms with Crippen molar-refractivity contribution < 1.29 is 8.42 Å². The van der Waals surface area contributed by atoms with Crippen molar-refractivity contribution in [3.63, 3.8) is 0 Å². The molecule has 96 valence electrons. The fourth-order valence-electron chi connectivity index (χ4n) is 1.44. The Balaban J connectivity index is 2.88. The van der Waals surface area contributed by atoms with Gasteiger partial charge in [-0.25, -0.2) is 13.2 Å². The molecule has 0 amide bonds. The Hall–Kier alpha value is -1.37. The lowest BCUT2D eigenvalue weighted by atomic mass is 10.4. The molecule has 1 N–H and O–H groups in total. The molecule has 0 bridgehead atoms. The van der Waals surface area contributed by atoms with Gasteiger partial charge in [-0.2, -0.15) is 0 Å². The monoisotopic (exact) mass is 260 g/mol. The maximum absolute atomic E-state index is 11.5. The van der Waals surface area contributed by atoms with Crippen molar-refractivity contribution in [1.82, 2.24) is 9.55 Å². The van der Waals surface area contributed by atoms with E-state index >= 15 is 0 Å². The van der Waals surface area contributed by atoms with Gasteiger partial charge in [-0.3, -0.25) is 14.3 Å². The molecule has 1 heterocycles. The molecule has 0 saturated carbocycles. The number of nitrogens with zero attached hydrogens (tertiary/aromatic N) is 1. The van der Waals surface area contributed by atoms with Crippen molar-refractivity contribution >= 4 is 9.84 Å². The summed E-state index contributed by atoms with van der Waals surface area (Å²) in [6.45, 7) is 3.42. The van der Waals surface area contributed by atoms with Crippen LogP contribution >= 0.6 is 0 Å². The molecule has 1 aromatic heterocycles. The maximum atomic E-state index is 11.5. The van der Waals surface area contributed by atoms with Crippen molar-refractivity contribution in [2.75, 3.05) is 11.5 Å².